The molecule has 0 aliphatic heterocycles. The number of ether oxygens (including phenoxy) is 1. The van der Waals surface area contributed by atoms with E-state index in [2.05, 4.69) is 5.32 Å². The molecule has 1 rings (SSSR count). The molecule has 0 bridgehead atoms. The number of nitrogens with one attached hydrogen (secondary N) is 1. The van der Waals surface area contributed by atoms with Gasteiger partial charge in [-0.05, 0) is 32.9 Å². The first-order chi connectivity index (χ1) is 10.1. The second kappa shape index (κ2) is 7.40. The highest BCUT2D eigenvalue weighted by molar-refractivity contribution is 5.74. The molecule has 1 atom stereocenters. The number of benzene rings is 1. The Kier molecular flexibility index (Phi) is 6.11. The van der Waals surface area contributed by atoms with Gasteiger partial charge in [-0.1, -0.05) is 0 Å². The summed E-state index contributed by atoms with van der Waals surface area (Å²) >= 11 is 0. The topological polar surface area (TPSA) is 61.8 Å². The normalized spacial score (nSPS) is 12.7. The van der Waals surface area contributed by atoms with Crippen molar-refractivity contribution in [3.63, 3.8) is 0 Å². The van der Waals surface area contributed by atoms with Crippen LogP contribution in [-0.2, 0) is 0 Å². The van der Waals surface area contributed by atoms with E-state index in [-0.39, 0.29) is 31.0 Å². The lowest BCUT2D eigenvalue weighted by Crippen LogP contribution is -2.48. The van der Waals surface area contributed by atoms with Gasteiger partial charge in [-0.25, -0.2) is 13.6 Å². The van der Waals surface area contributed by atoms with Crippen molar-refractivity contribution in [1.29, 1.82) is 0 Å². The molecule has 0 aliphatic rings. The van der Waals surface area contributed by atoms with Gasteiger partial charge in [0.25, 0.3) is 0 Å². The van der Waals surface area contributed by atoms with Crippen molar-refractivity contribution in [1.82, 2.24) is 10.2 Å². The van der Waals surface area contributed by atoms with Gasteiger partial charge in [0.1, 0.15) is 12.4 Å². The Hall–Kier alpha value is -1.89. The molecule has 0 saturated heterocycles. The molecular formula is C15H22F2N2O3. The van der Waals surface area contributed by atoms with Crippen LogP contribution < -0.4 is 10.1 Å². The molecule has 0 saturated carbocycles. The van der Waals surface area contributed by atoms with Crippen LogP contribution in [0.2, 0.25) is 0 Å². The summed E-state index contributed by atoms with van der Waals surface area (Å²) in [5.41, 5.74) is -0.997. The molecule has 0 heterocycles. The van der Waals surface area contributed by atoms with Gasteiger partial charge in [-0.3, -0.25) is 0 Å². The summed E-state index contributed by atoms with van der Waals surface area (Å²) < 4.78 is 31.4. The maximum atomic E-state index is 13.4. The number of halogens is 2. The van der Waals surface area contributed by atoms with Crippen molar-refractivity contribution >= 4 is 6.03 Å². The van der Waals surface area contributed by atoms with E-state index in [0.29, 0.717) is 0 Å². The second-order valence-corrected chi connectivity index (χ2v) is 5.90. The van der Waals surface area contributed by atoms with Crippen LogP contribution in [0.4, 0.5) is 13.6 Å². The number of carbonyl (C=O) groups is 1. The predicted octanol–water partition coefficient (Wildman–Crippen LogP) is 2.14. The molecule has 0 radical (unpaired) electrons. The summed E-state index contributed by atoms with van der Waals surface area (Å²) in [5.74, 6) is -1.55. The lowest BCUT2D eigenvalue weighted by Gasteiger charge is -2.27. The predicted molar refractivity (Wildman–Crippen MR) is 78.8 cm³/mol. The quantitative estimate of drug-likeness (QED) is 0.845. The summed E-state index contributed by atoms with van der Waals surface area (Å²) in [6.45, 7) is 5.09. The summed E-state index contributed by atoms with van der Waals surface area (Å²) in [7, 11) is 1.56. The van der Waals surface area contributed by atoms with Gasteiger partial charge < -0.3 is 20.1 Å². The highest BCUT2D eigenvalue weighted by Crippen LogP contribution is 2.17. The molecule has 5 nitrogen and oxygen atoms in total. The molecule has 1 aromatic rings. The molecule has 0 aromatic heterocycles. The van der Waals surface area contributed by atoms with E-state index in [1.165, 1.54) is 11.0 Å². The van der Waals surface area contributed by atoms with Gasteiger partial charge in [0, 0.05) is 13.1 Å². The van der Waals surface area contributed by atoms with Crippen LogP contribution in [0.5, 0.6) is 5.75 Å². The van der Waals surface area contributed by atoms with Gasteiger partial charge >= 0.3 is 6.03 Å². The van der Waals surface area contributed by atoms with E-state index in [1.807, 2.05) is 0 Å². The smallest absolute Gasteiger partial charge is 0.317 e. The molecular weight excluding hydrogens is 294 g/mol. The Morgan fingerprint density at radius 2 is 2.09 bits per heavy atom. The molecule has 2 N–H and O–H groups in total. The summed E-state index contributed by atoms with van der Waals surface area (Å²) in [6.07, 6.45) is 0. The van der Waals surface area contributed by atoms with Crippen molar-refractivity contribution in [2.24, 2.45) is 0 Å². The fourth-order valence-electron chi connectivity index (χ4n) is 1.82. The molecule has 0 aliphatic carbocycles. The fraction of sp³-hybridized carbons (Fsp3) is 0.533. The van der Waals surface area contributed by atoms with E-state index in [1.54, 1.807) is 27.8 Å². The zero-order chi connectivity index (χ0) is 16.9. The molecule has 1 aromatic carbocycles. The Morgan fingerprint density at radius 3 is 2.64 bits per heavy atom. The van der Waals surface area contributed by atoms with Crippen LogP contribution in [0.25, 0.3) is 0 Å². The Balaban J connectivity index is 2.45. The number of urea groups is 1. The maximum Gasteiger partial charge on any atom is 0.317 e. The molecule has 7 heteroatoms. The lowest BCUT2D eigenvalue weighted by molar-refractivity contribution is 0.0526. The van der Waals surface area contributed by atoms with E-state index < -0.39 is 17.2 Å². The Bertz CT molecular complexity index is 518. The van der Waals surface area contributed by atoms with Crippen molar-refractivity contribution in [3.8, 4) is 5.75 Å². The average Bonchev–Trinajstić information content (AvgIpc) is 2.35. The standard InChI is InChI=1S/C15H22F2N2O3/c1-10(18-14(20)19(4)9-15(2,3)21)8-22-13-6-5-11(16)7-12(13)17/h5-7,10,21H,8-9H2,1-4H3,(H,18,20). The summed E-state index contributed by atoms with van der Waals surface area (Å²) in [4.78, 5) is 13.2. The van der Waals surface area contributed by atoms with Crippen LogP contribution in [0.15, 0.2) is 18.2 Å². The number of hydrogen-bond acceptors (Lipinski definition) is 3. The van der Waals surface area contributed by atoms with Crippen molar-refractivity contribution in [2.45, 2.75) is 32.4 Å². The second-order valence-electron chi connectivity index (χ2n) is 5.90. The van der Waals surface area contributed by atoms with Gasteiger partial charge in [-0.2, -0.15) is 0 Å². The summed E-state index contributed by atoms with van der Waals surface area (Å²) in [6, 6.07) is 2.26. The molecule has 1 unspecified atom stereocenters. The largest absolute Gasteiger partial charge is 0.488 e. The monoisotopic (exact) mass is 316 g/mol. The van der Waals surface area contributed by atoms with E-state index >= 15 is 0 Å². The van der Waals surface area contributed by atoms with Crippen LogP contribution in [0.3, 0.4) is 0 Å². The van der Waals surface area contributed by atoms with Gasteiger partial charge in [0.15, 0.2) is 11.6 Å². The molecule has 124 valence electrons. The van der Waals surface area contributed by atoms with Gasteiger partial charge in [0.05, 0.1) is 18.2 Å². The van der Waals surface area contributed by atoms with Crippen LogP contribution in [-0.4, -0.2) is 47.9 Å². The Morgan fingerprint density at radius 1 is 1.45 bits per heavy atom. The van der Waals surface area contributed by atoms with E-state index in [0.717, 1.165) is 12.1 Å². The van der Waals surface area contributed by atoms with Crippen molar-refractivity contribution in [2.75, 3.05) is 20.2 Å². The molecule has 22 heavy (non-hydrogen) atoms. The van der Waals surface area contributed by atoms with Crippen LogP contribution in [0.1, 0.15) is 20.8 Å². The van der Waals surface area contributed by atoms with E-state index in [4.69, 9.17) is 4.74 Å². The lowest BCUT2D eigenvalue weighted by atomic mass is 10.1. The first-order valence-electron chi connectivity index (χ1n) is 6.90. The van der Waals surface area contributed by atoms with Crippen molar-refractivity contribution in [3.05, 3.63) is 29.8 Å². The minimum Gasteiger partial charge on any atom is -0.488 e. The number of carbonyl (C=O) groups excluding carboxylic acids is 1. The fourth-order valence-corrected chi connectivity index (χ4v) is 1.82. The zero-order valence-corrected chi connectivity index (χ0v) is 13.2. The molecule has 2 amide bonds. The zero-order valence-electron chi connectivity index (χ0n) is 13.2. The van der Waals surface area contributed by atoms with Crippen LogP contribution in [0, 0.1) is 11.6 Å². The average molecular weight is 316 g/mol. The molecule has 0 fully saturated rings. The molecule has 0 spiro atoms. The summed E-state index contributed by atoms with van der Waals surface area (Å²) in [5, 5.41) is 12.3. The first-order valence-corrected chi connectivity index (χ1v) is 6.90. The number of hydrogen-bond donors (Lipinski definition) is 2. The van der Waals surface area contributed by atoms with Crippen LogP contribution >= 0.6 is 0 Å². The number of likely N-dealkylation sites (N-methyl/N-ethyl adjacent to an activating group) is 1. The third-order valence-corrected chi connectivity index (χ3v) is 2.72. The Labute approximate surface area is 128 Å². The minimum atomic E-state index is -0.997. The number of nitrogens with zero attached hydrogens (tertiary/aromatic N) is 1. The van der Waals surface area contributed by atoms with Gasteiger partial charge in [-0.15, -0.1) is 0 Å². The third kappa shape index (κ3) is 6.26. The number of amides is 2. The van der Waals surface area contributed by atoms with Gasteiger partial charge in [0.2, 0.25) is 0 Å². The van der Waals surface area contributed by atoms with Crippen molar-refractivity contribution < 1.29 is 23.4 Å². The third-order valence-electron chi connectivity index (χ3n) is 2.72. The van der Waals surface area contributed by atoms with E-state index in [9.17, 15) is 18.7 Å². The maximum absolute atomic E-state index is 13.4. The highest BCUT2D eigenvalue weighted by atomic mass is 19.1. The SMILES string of the molecule is CC(COc1ccc(F)cc1F)NC(=O)N(C)CC(C)(C)O. The number of aliphatic hydroxyl groups is 1. The minimum absolute atomic E-state index is 0.0324. The first kappa shape index (κ1) is 18.2. The number of rotatable bonds is 6. The highest BCUT2D eigenvalue weighted by Gasteiger charge is 2.20.